The number of hydrogen-bond donors (Lipinski definition) is 0. The number of unbranched alkanes of at least 4 members (excludes halogenated alkanes) is 13. The molecule has 28 heavy (non-hydrogen) atoms. The van der Waals surface area contributed by atoms with Crippen LogP contribution in [-0.4, -0.2) is 26.0 Å². The molecule has 1 heterocycles. The molecule has 1 unspecified atom stereocenters. The number of rotatable bonds is 17. The highest BCUT2D eigenvalue weighted by atomic mass is 16.7. The second-order valence-corrected chi connectivity index (χ2v) is 7.87. The van der Waals surface area contributed by atoms with Gasteiger partial charge in [-0.2, -0.15) is 0 Å². The topological polar surface area (TPSA) is 44.8 Å². The summed E-state index contributed by atoms with van der Waals surface area (Å²) in [4.78, 5) is 11.3. The van der Waals surface area contributed by atoms with E-state index in [0.717, 1.165) is 12.8 Å². The highest BCUT2D eigenvalue weighted by Crippen LogP contribution is 2.32. The Balaban J connectivity index is 1.99. The van der Waals surface area contributed by atoms with Crippen molar-refractivity contribution in [2.75, 3.05) is 14.2 Å². The van der Waals surface area contributed by atoms with Gasteiger partial charge >= 0.3 is 5.97 Å². The first-order valence-electron chi connectivity index (χ1n) is 11.4. The Kier molecular flexibility index (Phi) is 13.8. The van der Waals surface area contributed by atoms with Gasteiger partial charge in [0, 0.05) is 13.5 Å². The zero-order valence-electron chi connectivity index (χ0n) is 18.5. The lowest BCUT2D eigenvalue weighted by atomic mass is 10.0. The van der Waals surface area contributed by atoms with E-state index in [1.54, 1.807) is 13.2 Å². The molecule has 0 aromatic heterocycles. The maximum Gasteiger partial charge on any atom is 0.334 e. The van der Waals surface area contributed by atoms with E-state index in [9.17, 15) is 4.79 Å². The van der Waals surface area contributed by atoms with Crippen LogP contribution in [0.5, 0.6) is 0 Å². The van der Waals surface area contributed by atoms with Gasteiger partial charge in [-0.25, -0.2) is 4.79 Å². The first-order chi connectivity index (χ1) is 13.7. The molecule has 0 amide bonds. The Morgan fingerprint density at radius 3 is 1.86 bits per heavy atom. The molecule has 0 saturated carbocycles. The summed E-state index contributed by atoms with van der Waals surface area (Å²) >= 11 is 0. The minimum Gasteiger partial charge on any atom is -0.466 e. The molecular formula is C24H42O4. The van der Waals surface area contributed by atoms with Gasteiger partial charge in [-0.05, 0) is 18.6 Å². The number of ether oxygens (including phenoxy) is 3. The van der Waals surface area contributed by atoms with Gasteiger partial charge in [-0.1, -0.05) is 90.4 Å². The molecule has 4 nitrogen and oxygen atoms in total. The maximum atomic E-state index is 11.3. The Morgan fingerprint density at radius 2 is 1.39 bits per heavy atom. The molecule has 1 aliphatic rings. The highest BCUT2D eigenvalue weighted by molar-refractivity contribution is 5.82. The van der Waals surface area contributed by atoms with Crippen LogP contribution in [0.1, 0.15) is 103 Å². The van der Waals surface area contributed by atoms with E-state index in [1.165, 1.54) is 96.7 Å². The summed E-state index contributed by atoms with van der Waals surface area (Å²) < 4.78 is 16.0. The van der Waals surface area contributed by atoms with Crippen LogP contribution in [0, 0.1) is 0 Å². The lowest BCUT2D eigenvalue weighted by Crippen LogP contribution is -2.29. The van der Waals surface area contributed by atoms with Crippen molar-refractivity contribution in [1.82, 2.24) is 0 Å². The van der Waals surface area contributed by atoms with Gasteiger partial charge in [0.2, 0.25) is 5.79 Å². The largest absolute Gasteiger partial charge is 0.466 e. The predicted molar refractivity (Wildman–Crippen MR) is 115 cm³/mol. The van der Waals surface area contributed by atoms with Gasteiger partial charge in [0.25, 0.3) is 0 Å². The van der Waals surface area contributed by atoms with E-state index < -0.39 is 11.8 Å². The van der Waals surface area contributed by atoms with E-state index in [4.69, 9.17) is 9.47 Å². The van der Waals surface area contributed by atoms with Gasteiger partial charge in [0.05, 0.1) is 13.2 Å². The Bertz CT molecular complexity index is 469. The SMILES string of the molecule is CCCCCCCCCCCCCCCCC1(OC)C=C/C(=C/C(=O)OC)O1. The third-order valence-electron chi connectivity index (χ3n) is 5.48. The fraction of sp³-hybridized carbons (Fsp3) is 0.792. The Labute approximate surface area is 172 Å². The normalized spacial score (nSPS) is 19.9. The van der Waals surface area contributed by atoms with Gasteiger partial charge in [-0.15, -0.1) is 0 Å². The van der Waals surface area contributed by atoms with Crippen molar-refractivity contribution in [2.45, 2.75) is 109 Å². The highest BCUT2D eigenvalue weighted by Gasteiger charge is 2.33. The summed E-state index contributed by atoms with van der Waals surface area (Å²) in [5, 5.41) is 0. The van der Waals surface area contributed by atoms with Crippen molar-refractivity contribution in [3.05, 3.63) is 24.0 Å². The minimum atomic E-state index is -0.725. The summed E-state index contributed by atoms with van der Waals surface area (Å²) in [5.41, 5.74) is 0. The van der Waals surface area contributed by atoms with Crippen LogP contribution in [0.4, 0.5) is 0 Å². The van der Waals surface area contributed by atoms with Crippen molar-refractivity contribution < 1.29 is 19.0 Å². The minimum absolute atomic E-state index is 0.414. The van der Waals surface area contributed by atoms with Crippen LogP contribution in [0.25, 0.3) is 0 Å². The molecule has 0 N–H and O–H groups in total. The molecule has 1 atom stereocenters. The van der Waals surface area contributed by atoms with E-state index in [2.05, 4.69) is 11.7 Å². The molecular weight excluding hydrogens is 352 g/mol. The van der Waals surface area contributed by atoms with E-state index in [0.29, 0.717) is 5.76 Å². The fourth-order valence-corrected chi connectivity index (χ4v) is 3.64. The number of esters is 1. The second kappa shape index (κ2) is 15.6. The monoisotopic (exact) mass is 394 g/mol. The average Bonchev–Trinajstić information content (AvgIpc) is 3.11. The number of allylic oxidation sites excluding steroid dienone is 1. The van der Waals surface area contributed by atoms with Gasteiger partial charge < -0.3 is 14.2 Å². The van der Waals surface area contributed by atoms with Gasteiger partial charge in [0.1, 0.15) is 5.76 Å². The average molecular weight is 395 g/mol. The van der Waals surface area contributed by atoms with E-state index in [1.807, 2.05) is 6.08 Å². The van der Waals surface area contributed by atoms with Gasteiger partial charge in [-0.3, -0.25) is 0 Å². The Morgan fingerprint density at radius 1 is 0.893 bits per heavy atom. The number of carbonyl (C=O) groups is 1. The maximum absolute atomic E-state index is 11.3. The zero-order chi connectivity index (χ0) is 20.5. The van der Waals surface area contributed by atoms with E-state index in [-0.39, 0.29) is 0 Å². The summed E-state index contributed by atoms with van der Waals surface area (Å²) in [6.07, 6.45) is 24.6. The summed E-state index contributed by atoms with van der Waals surface area (Å²) in [7, 11) is 3.01. The number of carbonyl (C=O) groups excluding carboxylic acids is 1. The van der Waals surface area contributed by atoms with Crippen LogP contribution in [0.3, 0.4) is 0 Å². The molecule has 0 spiro atoms. The summed E-state index contributed by atoms with van der Waals surface area (Å²) in [6, 6.07) is 0. The quantitative estimate of drug-likeness (QED) is 0.154. The lowest BCUT2D eigenvalue weighted by Gasteiger charge is -2.26. The lowest BCUT2D eigenvalue weighted by molar-refractivity contribution is -0.156. The second-order valence-electron chi connectivity index (χ2n) is 7.87. The van der Waals surface area contributed by atoms with Crippen LogP contribution < -0.4 is 0 Å². The number of methoxy groups -OCH3 is 2. The molecule has 4 heteroatoms. The van der Waals surface area contributed by atoms with Crippen LogP contribution in [0.15, 0.2) is 24.0 Å². The third kappa shape index (κ3) is 10.9. The van der Waals surface area contributed by atoms with Crippen molar-refractivity contribution in [3.63, 3.8) is 0 Å². The van der Waals surface area contributed by atoms with Crippen molar-refractivity contribution >= 4 is 5.97 Å². The number of hydrogen-bond acceptors (Lipinski definition) is 4. The standard InChI is InChI=1S/C24H42O4/c1-4-5-6-7-8-9-10-11-12-13-14-15-16-17-19-24(27-3)20-18-22(28-24)21-23(25)26-2/h18,20-21H,4-17,19H2,1-3H3/b22-21-. The summed E-state index contributed by atoms with van der Waals surface area (Å²) in [5.74, 6) is -0.640. The van der Waals surface area contributed by atoms with Crippen molar-refractivity contribution in [1.29, 1.82) is 0 Å². The molecule has 0 aromatic carbocycles. The third-order valence-corrected chi connectivity index (χ3v) is 5.48. The molecule has 0 bridgehead atoms. The van der Waals surface area contributed by atoms with Gasteiger partial charge in [0.15, 0.2) is 0 Å². The molecule has 0 saturated heterocycles. The molecule has 0 aromatic rings. The zero-order valence-corrected chi connectivity index (χ0v) is 18.5. The molecule has 0 fully saturated rings. The fourth-order valence-electron chi connectivity index (χ4n) is 3.64. The summed E-state index contributed by atoms with van der Waals surface area (Å²) in [6.45, 7) is 2.27. The van der Waals surface area contributed by atoms with Crippen LogP contribution >= 0.6 is 0 Å². The smallest absolute Gasteiger partial charge is 0.334 e. The molecule has 1 aliphatic heterocycles. The molecule has 0 radical (unpaired) electrons. The van der Waals surface area contributed by atoms with E-state index >= 15 is 0 Å². The molecule has 1 rings (SSSR count). The Hall–Kier alpha value is -1.29. The van der Waals surface area contributed by atoms with Crippen molar-refractivity contribution in [3.8, 4) is 0 Å². The first-order valence-corrected chi connectivity index (χ1v) is 11.4. The van der Waals surface area contributed by atoms with Crippen LogP contribution in [-0.2, 0) is 19.0 Å². The molecule has 0 aliphatic carbocycles. The first kappa shape index (κ1) is 24.7. The van der Waals surface area contributed by atoms with Crippen LogP contribution in [0.2, 0.25) is 0 Å². The predicted octanol–water partition coefficient (Wildman–Crippen LogP) is 6.84. The van der Waals surface area contributed by atoms with Crippen molar-refractivity contribution in [2.24, 2.45) is 0 Å². The molecule has 162 valence electrons.